The van der Waals surface area contributed by atoms with E-state index in [1.54, 1.807) is 18.3 Å². The van der Waals surface area contributed by atoms with Crippen molar-refractivity contribution in [2.45, 2.75) is 33.9 Å². The number of hydrogen-bond donors (Lipinski definition) is 1. The largest absolute Gasteiger partial charge is 0.319 e. The first-order chi connectivity index (χ1) is 17.3. The zero-order valence-corrected chi connectivity index (χ0v) is 21.6. The van der Waals surface area contributed by atoms with E-state index < -0.39 is 0 Å². The summed E-state index contributed by atoms with van der Waals surface area (Å²) < 4.78 is 3.66. The first-order valence-electron chi connectivity index (χ1n) is 11.6. The molecule has 0 atom stereocenters. The summed E-state index contributed by atoms with van der Waals surface area (Å²) in [4.78, 5) is 18.4. The summed E-state index contributed by atoms with van der Waals surface area (Å²) >= 11 is 12.4. The third kappa shape index (κ3) is 4.59. The maximum Gasteiger partial charge on any atom is 0.256 e. The quantitative estimate of drug-likeness (QED) is 0.276. The number of amides is 1. The van der Waals surface area contributed by atoms with E-state index in [4.69, 9.17) is 28.2 Å². The standard InChI is InChI=1S/C27H24Cl2N6O/c1-4-34-14-19(13-30-34)25-12-22(21-7-5-6-8-24(21)31-25)27(36)32-26-16(2)33-35(17(26)3)15-18-9-10-20(28)11-23(18)29/h5-14H,4,15H2,1-3H3,(H,32,36). The Bertz CT molecular complexity index is 1600. The van der Waals surface area contributed by atoms with Gasteiger partial charge in [-0.3, -0.25) is 14.2 Å². The lowest BCUT2D eigenvalue weighted by Crippen LogP contribution is -2.14. The highest BCUT2D eigenvalue weighted by molar-refractivity contribution is 6.35. The topological polar surface area (TPSA) is 77.6 Å². The van der Waals surface area contributed by atoms with Gasteiger partial charge >= 0.3 is 0 Å². The molecule has 0 aliphatic heterocycles. The average molecular weight is 519 g/mol. The summed E-state index contributed by atoms with van der Waals surface area (Å²) in [7, 11) is 0. The molecule has 1 N–H and O–H groups in total. The molecule has 9 heteroatoms. The van der Waals surface area contributed by atoms with Crippen molar-refractivity contribution in [2.24, 2.45) is 0 Å². The second-order valence-corrected chi connectivity index (χ2v) is 9.39. The Morgan fingerprint density at radius 3 is 2.64 bits per heavy atom. The van der Waals surface area contributed by atoms with Crippen molar-refractivity contribution in [3.63, 3.8) is 0 Å². The number of carbonyl (C=O) groups is 1. The van der Waals surface area contributed by atoms with Crippen LogP contribution in [0.25, 0.3) is 22.2 Å². The van der Waals surface area contributed by atoms with Crippen LogP contribution in [0, 0.1) is 13.8 Å². The van der Waals surface area contributed by atoms with Crippen molar-refractivity contribution in [2.75, 3.05) is 5.32 Å². The van der Waals surface area contributed by atoms with Crippen molar-refractivity contribution in [3.8, 4) is 11.3 Å². The number of pyridine rings is 1. The lowest BCUT2D eigenvalue weighted by molar-refractivity contribution is 0.102. The number of halogens is 2. The van der Waals surface area contributed by atoms with Crippen molar-refractivity contribution < 1.29 is 4.79 Å². The minimum atomic E-state index is -0.229. The SMILES string of the molecule is CCn1cc(-c2cc(C(=O)Nc3c(C)nn(Cc4ccc(Cl)cc4Cl)c3C)c3ccccc3n2)cn1. The first kappa shape index (κ1) is 24.0. The fourth-order valence-electron chi connectivity index (χ4n) is 4.20. The summed E-state index contributed by atoms with van der Waals surface area (Å²) in [5, 5.41) is 14.0. The second kappa shape index (κ2) is 9.76. The third-order valence-electron chi connectivity index (χ3n) is 6.17. The predicted octanol–water partition coefficient (Wildman–Crippen LogP) is 6.54. The van der Waals surface area contributed by atoms with E-state index in [1.165, 1.54) is 0 Å². The zero-order valence-electron chi connectivity index (χ0n) is 20.1. The Balaban J connectivity index is 1.49. The molecular weight excluding hydrogens is 495 g/mol. The van der Waals surface area contributed by atoms with Gasteiger partial charge in [-0.1, -0.05) is 47.5 Å². The summed E-state index contributed by atoms with van der Waals surface area (Å²) in [5.74, 6) is -0.229. The monoisotopic (exact) mass is 518 g/mol. The van der Waals surface area contributed by atoms with Crippen LogP contribution in [-0.2, 0) is 13.1 Å². The Labute approximate surface area is 218 Å². The average Bonchev–Trinajstić information content (AvgIpc) is 3.45. The molecule has 1 amide bonds. The number of rotatable bonds is 6. The van der Waals surface area contributed by atoms with Crippen LogP contribution >= 0.6 is 23.2 Å². The molecular formula is C27H24Cl2N6O. The Kier molecular flexibility index (Phi) is 6.51. The summed E-state index contributed by atoms with van der Waals surface area (Å²) in [6.07, 6.45) is 3.70. The van der Waals surface area contributed by atoms with E-state index in [1.807, 2.05) is 72.7 Å². The predicted molar refractivity (Wildman–Crippen MR) is 144 cm³/mol. The summed E-state index contributed by atoms with van der Waals surface area (Å²) in [5.41, 5.74) is 5.94. The van der Waals surface area contributed by atoms with Gasteiger partial charge in [0.15, 0.2) is 0 Å². The molecule has 3 aromatic heterocycles. The van der Waals surface area contributed by atoms with Crippen LogP contribution in [0.15, 0.2) is 60.9 Å². The van der Waals surface area contributed by atoms with Crippen molar-refractivity contribution >= 4 is 45.7 Å². The van der Waals surface area contributed by atoms with Crippen molar-refractivity contribution in [1.82, 2.24) is 24.5 Å². The molecule has 3 heterocycles. The molecule has 5 aromatic rings. The maximum atomic E-state index is 13.6. The molecule has 0 aliphatic carbocycles. The lowest BCUT2D eigenvalue weighted by atomic mass is 10.0. The highest BCUT2D eigenvalue weighted by Gasteiger charge is 2.19. The van der Waals surface area contributed by atoms with E-state index in [-0.39, 0.29) is 5.91 Å². The van der Waals surface area contributed by atoms with Gasteiger partial charge in [0.25, 0.3) is 5.91 Å². The Morgan fingerprint density at radius 1 is 1.08 bits per heavy atom. The molecule has 0 aliphatic rings. The molecule has 0 fully saturated rings. The number of benzene rings is 2. The van der Waals surface area contributed by atoms with Gasteiger partial charge in [-0.05, 0) is 50.6 Å². The number of nitrogens with zero attached hydrogens (tertiary/aromatic N) is 5. The Hall–Kier alpha value is -3.68. The van der Waals surface area contributed by atoms with Gasteiger partial charge in [0.2, 0.25) is 0 Å². The van der Waals surface area contributed by atoms with Crippen LogP contribution in [-0.4, -0.2) is 30.5 Å². The van der Waals surface area contributed by atoms with Gasteiger partial charge in [0, 0.05) is 33.7 Å². The number of para-hydroxylation sites is 1. The van der Waals surface area contributed by atoms with E-state index in [9.17, 15) is 4.79 Å². The molecule has 0 saturated carbocycles. The van der Waals surface area contributed by atoms with Crippen molar-refractivity contribution in [3.05, 3.63) is 93.5 Å². The smallest absolute Gasteiger partial charge is 0.256 e. The highest BCUT2D eigenvalue weighted by atomic mass is 35.5. The molecule has 0 unspecified atom stereocenters. The van der Waals surface area contributed by atoms with E-state index in [0.717, 1.165) is 34.3 Å². The molecule has 0 radical (unpaired) electrons. The molecule has 0 saturated heterocycles. The van der Waals surface area contributed by atoms with Crippen LogP contribution in [0.5, 0.6) is 0 Å². The van der Waals surface area contributed by atoms with Gasteiger partial charge in [0.1, 0.15) is 0 Å². The third-order valence-corrected chi connectivity index (χ3v) is 6.76. The van der Waals surface area contributed by atoms with Gasteiger partial charge < -0.3 is 5.32 Å². The molecule has 7 nitrogen and oxygen atoms in total. The summed E-state index contributed by atoms with van der Waals surface area (Å²) in [6.45, 7) is 7.04. The fraction of sp³-hybridized carbons (Fsp3) is 0.185. The molecule has 5 rings (SSSR count). The highest BCUT2D eigenvalue weighted by Crippen LogP contribution is 2.28. The number of aromatic nitrogens is 5. The number of carbonyl (C=O) groups excluding carboxylic acids is 1. The van der Waals surface area contributed by atoms with E-state index in [2.05, 4.69) is 15.5 Å². The Morgan fingerprint density at radius 2 is 1.89 bits per heavy atom. The molecule has 182 valence electrons. The first-order valence-corrected chi connectivity index (χ1v) is 12.3. The van der Waals surface area contributed by atoms with Gasteiger partial charge in [-0.2, -0.15) is 10.2 Å². The number of nitrogens with one attached hydrogen (secondary N) is 1. The second-order valence-electron chi connectivity index (χ2n) is 8.55. The van der Waals surface area contributed by atoms with Crippen LogP contribution in [0.3, 0.4) is 0 Å². The van der Waals surface area contributed by atoms with Crippen LogP contribution in [0.4, 0.5) is 5.69 Å². The van der Waals surface area contributed by atoms with Crippen LogP contribution < -0.4 is 5.32 Å². The van der Waals surface area contributed by atoms with Gasteiger partial charge in [-0.15, -0.1) is 0 Å². The van der Waals surface area contributed by atoms with E-state index >= 15 is 0 Å². The van der Waals surface area contributed by atoms with Crippen LogP contribution in [0.2, 0.25) is 10.0 Å². The summed E-state index contributed by atoms with van der Waals surface area (Å²) in [6, 6.07) is 14.8. The van der Waals surface area contributed by atoms with Gasteiger partial charge in [-0.25, -0.2) is 4.98 Å². The fourth-order valence-corrected chi connectivity index (χ4v) is 4.67. The number of anilines is 1. The molecule has 2 aromatic carbocycles. The molecule has 0 bridgehead atoms. The van der Waals surface area contributed by atoms with Crippen LogP contribution in [0.1, 0.15) is 34.2 Å². The minimum Gasteiger partial charge on any atom is -0.319 e. The number of hydrogen-bond acceptors (Lipinski definition) is 4. The lowest BCUT2D eigenvalue weighted by Gasteiger charge is -2.11. The van der Waals surface area contributed by atoms with Gasteiger partial charge in [0.05, 0.1) is 46.6 Å². The molecule has 36 heavy (non-hydrogen) atoms. The number of fused-ring (bicyclic) bond motifs is 1. The molecule has 0 spiro atoms. The van der Waals surface area contributed by atoms with E-state index in [0.29, 0.717) is 39.2 Å². The normalized spacial score (nSPS) is 11.2. The zero-order chi connectivity index (χ0) is 25.4. The minimum absolute atomic E-state index is 0.229. The maximum absolute atomic E-state index is 13.6. The van der Waals surface area contributed by atoms with Crippen molar-refractivity contribution in [1.29, 1.82) is 0 Å². The number of aryl methyl sites for hydroxylation is 2.